The fraction of sp³-hybridized carbons (Fsp3) is 0.483. The third-order valence-corrected chi connectivity index (χ3v) is 8.27. The summed E-state index contributed by atoms with van der Waals surface area (Å²) in [6.07, 6.45) is -4.59. The van der Waals surface area contributed by atoms with Crippen LogP contribution in [0.4, 0.5) is 32.2 Å². The van der Waals surface area contributed by atoms with Crippen LogP contribution in [0.2, 0.25) is 0 Å². The summed E-state index contributed by atoms with van der Waals surface area (Å²) in [4.78, 5) is 18.0. The number of hydrogen-bond acceptors (Lipinski definition) is 7. The maximum absolute atomic E-state index is 13.8. The average molecular weight is 596 g/mol. The van der Waals surface area contributed by atoms with E-state index in [0.717, 1.165) is 51.1 Å². The van der Waals surface area contributed by atoms with Crippen LogP contribution in [0.1, 0.15) is 77.3 Å². The number of nitrogens with zero attached hydrogens (tertiary/aromatic N) is 3. The number of piperidine rings is 1. The summed E-state index contributed by atoms with van der Waals surface area (Å²) in [5.74, 6) is -0.366. The van der Waals surface area contributed by atoms with Gasteiger partial charge in [0.25, 0.3) is 0 Å². The number of rotatable bonds is 7. The summed E-state index contributed by atoms with van der Waals surface area (Å²) in [7, 11) is 1.01. The van der Waals surface area contributed by atoms with Crippen molar-refractivity contribution in [2.24, 2.45) is 0 Å². The molecule has 2 bridgehead atoms. The Balaban J connectivity index is 1.22. The highest BCUT2D eigenvalue weighted by Crippen LogP contribution is 2.47. The van der Waals surface area contributed by atoms with Gasteiger partial charge in [-0.15, -0.1) is 0 Å². The molecule has 0 spiro atoms. The molecule has 0 radical (unpaired) electrons. The third kappa shape index (κ3) is 5.34. The number of carbonyl (C=O) groups is 1. The maximum Gasteiger partial charge on any atom is 0.417 e. The van der Waals surface area contributed by atoms with Crippen molar-refractivity contribution in [3.05, 3.63) is 64.5 Å². The van der Waals surface area contributed by atoms with Gasteiger partial charge in [0.1, 0.15) is 17.3 Å². The first-order valence-corrected chi connectivity index (χ1v) is 13.7. The van der Waals surface area contributed by atoms with E-state index in [2.05, 4.69) is 14.9 Å². The van der Waals surface area contributed by atoms with Crippen LogP contribution in [-0.2, 0) is 28.4 Å². The zero-order valence-corrected chi connectivity index (χ0v) is 22.5. The first-order chi connectivity index (χ1) is 20.0. The first-order valence-electron chi connectivity index (χ1n) is 13.7. The van der Waals surface area contributed by atoms with Crippen LogP contribution in [0, 0.1) is 0 Å². The molecule has 0 amide bonds. The fourth-order valence-corrected chi connectivity index (χ4v) is 6.21. The summed E-state index contributed by atoms with van der Waals surface area (Å²) >= 11 is 0. The van der Waals surface area contributed by atoms with Crippen molar-refractivity contribution in [1.82, 2.24) is 10.1 Å². The molecular formula is C29H27F6N3O4. The maximum atomic E-state index is 13.8. The molecule has 1 aliphatic carbocycles. The number of ether oxygens (including phenoxy) is 2. The Morgan fingerprint density at radius 1 is 1.00 bits per heavy atom. The third-order valence-electron chi connectivity index (χ3n) is 8.27. The van der Waals surface area contributed by atoms with Crippen molar-refractivity contribution in [1.29, 1.82) is 0 Å². The number of hydrogen-bond donors (Lipinski definition) is 0. The quantitative estimate of drug-likeness (QED) is 0.212. The second kappa shape index (κ2) is 10.6. The molecule has 6 rings (SSSR count). The number of methoxy groups -OCH3 is 1. The topological polar surface area (TPSA) is 77.7 Å². The number of aromatic nitrogens is 2. The van der Waals surface area contributed by atoms with Gasteiger partial charge >= 0.3 is 18.3 Å². The standard InChI is InChI=1S/C29H27F6N3O4/c1-40-27(39)20-13-36-24(12-23(20)29(33,34)35)38-16-8-9-17(38)11-18(10-16)41-14-21-25(37-42-26(21)15-6-7-15)19-4-2-3-5-22(19)28(30,31)32/h2-5,12-13,15-18H,6-11,14H2,1H3/t16-,17+,18-. The van der Waals surface area contributed by atoms with Gasteiger partial charge in [-0.2, -0.15) is 26.3 Å². The van der Waals surface area contributed by atoms with E-state index in [4.69, 9.17) is 9.26 Å². The predicted octanol–water partition coefficient (Wildman–Crippen LogP) is 7.15. The van der Waals surface area contributed by atoms with Crippen molar-refractivity contribution in [3.63, 3.8) is 0 Å². The Morgan fingerprint density at radius 2 is 1.67 bits per heavy atom. The number of benzene rings is 1. The SMILES string of the molecule is COC(=O)c1cnc(N2[C@@H]3CC[C@H]2C[C@H](OCc2c(-c4ccccc4C(F)(F)F)noc2C2CC2)C3)cc1C(F)(F)F. The normalized spacial score (nSPS) is 22.5. The molecule has 0 unspecified atom stereocenters. The van der Waals surface area contributed by atoms with Crippen LogP contribution in [0.3, 0.4) is 0 Å². The van der Waals surface area contributed by atoms with Gasteiger partial charge < -0.3 is 18.9 Å². The lowest BCUT2D eigenvalue weighted by atomic mass is 9.98. The molecule has 2 saturated heterocycles. The molecule has 42 heavy (non-hydrogen) atoms. The lowest BCUT2D eigenvalue weighted by Crippen LogP contribution is -2.46. The average Bonchev–Trinajstić information content (AvgIpc) is 3.65. The van der Waals surface area contributed by atoms with Gasteiger partial charge in [-0.05, 0) is 50.7 Å². The summed E-state index contributed by atoms with van der Waals surface area (Å²) < 4.78 is 99.0. The van der Waals surface area contributed by atoms with E-state index in [1.165, 1.54) is 18.2 Å². The van der Waals surface area contributed by atoms with Crippen molar-refractivity contribution >= 4 is 11.8 Å². The molecule has 3 aromatic rings. The van der Waals surface area contributed by atoms with E-state index in [9.17, 15) is 31.1 Å². The van der Waals surface area contributed by atoms with Crippen LogP contribution in [0.5, 0.6) is 0 Å². The van der Waals surface area contributed by atoms with Crippen LogP contribution in [0.25, 0.3) is 11.3 Å². The largest absolute Gasteiger partial charge is 0.465 e. The van der Waals surface area contributed by atoms with Gasteiger partial charge in [-0.1, -0.05) is 23.4 Å². The lowest BCUT2D eigenvalue weighted by Gasteiger charge is -2.40. The molecule has 3 atom stereocenters. The first kappa shape index (κ1) is 28.5. The van der Waals surface area contributed by atoms with Crippen molar-refractivity contribution < 1.29 is 45.1 Å². The van der Waals surface area contributed by atoms with E-state index in [1.807, 2.05) is 4.90 Å². The van der Waals surface area contributed by atoms with Gasteiger partial charge in [-0.25, -0.2) is 9.78 Å². The minimum Gasteiger partial charge on any atom is -0.465 e. The van der Waals surface area contributed by atoms with E-state index in [-0.39, 0.29) is 47.8 Å². The number of alkyl halides is 6. The second-order valence-electron chi connectivity index (χ2n) is 11.0. The van der Waals surface area contributed by atoms with Gasteiger partial charge in [0, 0.05) is 35.3 Å². The highest BCUT2D eigenvalue weighted by atomic mass is 19.4. The van der Waals surface area contributed by atoms with Crippen LogP contribution < -0.4 is 4.90 Å². The minimum atomic E-state index is -4.78. The minimum absolute atomic E-state index is 0.00522. The van der Waals surface area contributed by atoms with Crippen LogP contribution in [0.15, 0.2) is 41.1 Å². The van der Waals surface area contributed by atoms with Gasteiger partial charge in [0.15, 0.2) is 0 Å². The molecule has 1 saturated carbocycles. The molecule has 3 fully saturated rings. The van der Waals surface area contributed by atoms with E-state index in [0.29, 0.717) is 24.2 Å². The Morgan fingerprint density at radius 3 is 2.29 bits per heavy atom. The van der Waals surface area contributed by atoms with Gasteiger partial charge in [-0.3, -0.25) is 0 Å². The highest BCUT2D eigenvalue weighted by Gasteiger charge is 2.44. The van der Waals surface area contributed by atoms with Gasteiger partial charge in [0.05, 0.1) is 36.5 Å². The number of fused-ring (bicyclic) bond motifs is 2. The zero-order chi connectivity index (χ0) is 29.8. The molecular weight excluding hydrogens is 568 g/mol. The molecule has 224 valence electrons. The molecule has 4 heterocycles. The van der Waals surface area contributed by atoms with Crippen LogP contribution in [-0.4, -0.2) is 41.4 Å². The number of carbonyl (C=O) groups excluding carboxylic acids is 1. The smallest absolute Gasteiger partial charge is 0.417 e. The predicted molar refractivity (Wildman–Crippen MR) is 137 cm³/mol. The van der Waals surface area contributed by atoms with Crippen molar-refractivity contribution in [3.8, 4) is 11.3 Å². The Labute approximate surface area is 236 Å². The number of esters is 1. The lowest BCUT2D eigenvalue weighted by molar-refractivity contribution is -0.138. The summed E-state index contributed by atoms with van der Waals surface area (Å²) in [6.45, 7) is 0.00522. The second-order valence-corrected chi connectivity index (χ2v) is 11.0. The molecule has 0 N–H and O–H groups in total. The zero-order valence-electron chi connectivity index (χ0n) is 22.5. The van der Waals surface area contributed by atoms with E-state index < -0.39 is 35.0 Å². The van der Waals surface area contributed by atoms with Crippen molar-refractivity contribution in [2.45, 2.75) is 81.6 Å². The summed E-state index contributed by atoms with van der Waals surface area (Å²) in [5.41, 5.74) is -2.03. The Kier molecular flexibility index (Phi) is 7.19. The molecule has 2 aliphatic heterocycles. The van der Waals surface area contributed by atoms with E-state index >= 15 is 0 Å². The Bertz CT molecular complexity index is 1470. The number of pyridine rings is 1. The fourth-order valence-electron chi connectivity index (χ4n) is 6.21. The summed E-state index contributed by atoms with van der Waals surface area (Å²) in [5, 5.41) is 4.04. The Hall–Kier alpha value is -3.61. The number of halogens is 6. The van der Waals surface area contributed by atoms with Gasteiger partial charge in [0.2, 0.25) is 0 Å². The van der Waals surface area contributed by atoms with Crippen LogP contribution >= 0.6 is 0 Å². The molecule has 1 aromatic carbocycles. The molecule has 13 heteroatoms. The molecule has 7 nitrogen and oxygen atoms in total. The van der Waals surface area contributed by atoms with E-state index in [1.54, 1.807) is 0 Å². The highest BCUT2D eigenvalue weighted by molar-refractivity contribution is 5.91. The molecule has 2 aromatic heterocycles. The number of anilines is 1. The monoisotopic (exact) mass is 595 g/mol. The molecule has 3 aliphatic rings. The summed E-state index contributed by atoms with van der Waals surface area (Å²) in [6, 6.07) is 5.81. The van der Waals surface area contributed by atoms with Crippen molar-refractivity contribution in [2.75, 3.05) is 12.0 Å².